The van der Waals surface area contributed by atoms with Gasteiger partial charge in [-0.25, -0.2) is 0 Å². The number of halogens is 8. The van der Waals surface area contributed by atoms with Crippen molar-refractivity contribution >= 4 is 39.2 Å². The number of hydrogen-bond donors (Lipinski definition) is 1. The Balaban J connectivity index is 2.49. The molecule has 0 radical (unpaired) electrons. The van der Waals surface area contributed by atoms with Crippen molar-refractivity contribution in [3.05, 3.63) is 56.8 Å². The van der Waals surface area contributed by atoms with E-state index in [-0.39, 0.29) is 16.1 Å². The third-order valence-electron chi connectivity index (χ3n) is 4.01. The first kappa shape index (κ1) is 19.6. The van der Waals surface area contributed by atoms with Gasteiger partial charge in [-0.05, 0) is 17.2 Å². The molecule has 1 N–H and O–H groups in total. The molecule has 142 valence electrons. The van der Waals surface area contributed by atoms with Crippen molar-refractivity contribution in [2.24, 2.45) is 0 Å². The molecular formula is C15H6BrClF6N4. The quantitative estimate of drug-likeness (QED) is 0.304. The van der Waals surface area contributed by atoms with Crippen molar-refractivity contribution < 1.29 is 26.3 Å². The highest BCUT2D eigenvalue weighted by Crippen LogP contribution is 2.53. The number of aromatic nitrogens is 2. The number of nitrogens with zero attached hydrogens (tertiary/aromatic N) is 3. The molecule has 12 heteroatoms. The predicted molar refractivity (Wildman–Crippen MR) is 89.1 cm³/mol. The molecular weight excluding hydrogens is 466 g/mol. The van der Waals surface area contributed by atoms with E-state index in [4.69, 9.17) is 18.2 Å². The maximum atomic E-state index is 14.0. The summed E-state index contributed by atoms with van der Waals surface area (Å²) in [6.07, 6.45) is -9.56. The lowest BCUT2D eigenvalue weighted by atomic mass is 9.85. The van der Waals surface area contributed by atoms with Crippen LogP contribution in [-0.4, -0.2) is 16.0 Å². The molecule has 1 aromatic carbocycles. The normalized spacial score (nSPS) is 18.9. The third-order valence-corrected chi connectivity index (χ3v) is 5.03. The number of alkyl halides is 6. The van der Waals surface area contributed by atoms with E-state index < -0.39 is 39.7 Å². The van der Waals surface area contributed by atoms with Crippen molar-refractivity contribution in [1.29, 1.82) is 0 Å². The molecule has 2 heterocycles. The van der Waals surface area contributed by atoms with Gasteiger partial charge in [-0.2, -0.15) is 26.3 Å². The molecule has 1 unspecified atom stereocenters. The fourth-order valence-electron chi connectivity index (χ4n) is 2.76. The van der Waals surface area contributed by atoms with Crippen LogP contribution in [0.25, 0.3) is 10.5 Å². The largest absolute Gasteiger partial charge is 0.419 e. The summed E-state index contributed by atoms with van der Waals surface area (Å²) in [5.74, 6) is -0.575. The molecule has 0 spiro atoms. The zero-order valence-electron chi connectivity index (χ0n) is 12.8. The Labute approximate surface area is 161 Å². The van der Waals surface area contributed by atoms with E-state index in [9.17, 15) is 26.3 Å². The number of anilines is 1. The van der Waals surface area contributed by atoms with Crippen LogP contribution in [0.15, 0.2) is 29.3 Å². The first-order valence-corrected chi connectivity index (χ1v) is 8.10. The fraction of sp³-hybridized carbons (Fsp3) is 0.200. The standard InChI is InChI=1S/C15H6BrClF6N4/c1-3-13(15(21,22)23)7-4-6(14(18,19)20)5-8(17)10(7)27-12(25-13)9(16)11(24-2)26-27/h3-5,25H,1H2. The highest BCUT2D eigenvalue weighted by Gasteiger charge is 2.59. The summed E-state index contributed by atoms with van der Waals surface area (Å²) in [6.45, 7) is 10.2. The molecule has 0 saturated heterocycles. The van der Waals surface area contributed by atoms with Crippen LogP contribution in [0, 0.1) is 6.57 Å². The van der Waals surface area contributed by atoms with E-state index in [1.165, 1.54) is 0 Å². The highest BCUT2D eigenvalue weighted by molar-refractivity contribution is 9.10. The van der Waals surface area contributed by atoms with Gasteiger partial charge in [-0.15, -0.1) is 11.3 Å². The molecule has 1 aliphatic rings. The van der Waals surface area contributed by atoms with Gasteiger partial charge in [0.05, 0.1) is 15.1 Å². The molecule has 1 aromatic heterocycles. The lowest BCUT2D eigenvalue weighted by Gasteiger charge is -2.39. The topological polar surface area (TPSA) is 34.2 Å². The fourth-order valence-corrected chi connectivity index (χ4v) is 3.50. The maximum absolute atomic E-state index is 14.0. The summed E-state index contributed by atoms with van der Waals surface area (Å²) in [4.78, 5) is 3.07. The van der Waals surface area contributed by atoms with Crippen molar-refractivity contribution in [2.75, 3.05) is 5.32 Å². The summed E-state index contributed by atoms with van der Waals surface area (Å²) in [5.41, 5.74) is -5.69. The number of hydrogen-bond acceptors (Lipinski definition) is 2. The van der Waals surface area contributed by atoms with Gasteiger partial charge < -0.3 is 10.2 Å². The SMILES string of the molecule is [C-]#[N+]c1nn2c(c1Br)NC(C=C)(C(F)(F)F)c1cc(C(F)(F)F)cc(Cl)c1-2. The molecule has 0 fully saturated rings. The Bertz CT molecular complexity index is 1000. The Kier molecular flexibility index (Phi) is 4.28. The average Bonchev–Trinajstić information content (AvgIpc) is 2.87. The highest BCUT2D eigenvalue weighted by atomic mass is 79.9. The van der Waals surface area contributed by atoms with E-state index in [2.05, 4.69) is 37.8 Å². The summed E-state index contributed by atoms with van der Waals surface area (Å²) < 4.78 is 82.2. The Hall–Kier alpha value is -2.19. The van der Waals surface area contributed by atoms with E-state index in [0.717, 1.165) is 4.68 Å². The Morgan fingerprint density at radius 2 is 1.93 bits per heavy atom. The van der Waals surface area contributed by atoms with Crippen molar-refractivity contribution in [3.63, 3.8) is 0 Å². The van der Waals surface area contributed by atoms with Crippen LogP contribution in [-0.2, 0) is 11.7 Å². The second kappa shape index (κ2) is 5.90. The van der Waals surface area contributed by atoms with E-state index >= 15 is 0 Å². The number of benzene rings is 1. The van der Waals surface area contributed by atoms with E-state index in [1.54, 1.807) is 0 Å². The Morgan fingerprint density at radius 1 is 1.30 bits per heavy atom. The van der Waals surface area contributed by atoms with Crippen molar-refractivity contribution in [2.45, 2.75) is 17.9 Å². The minimum atomic E-state index is -5.08. The van der Waals surface area contributed by atoms with Crippen LogP contribution >= 0.6 is 27.5 Å². The van der Waals surface area contributed by atoms with Gasteiger partial charge in [0, 0.05) is 5.56 Å². The van der Waals surface area contributed by atoms with Crippen LogP contribution in [0.4, 0.5) is 38.0 Å². The molecule has 3 rings (SSSR count). The van der Waals surface area contributed by atoms with E-state index in [0.29, 0.717) is 18.2 Å². The smallest absolute Gasteiger partial charge is 0.358 e. The molecule has 2 aromatic rings. The molecule has 1 atom stereocenters. The minimum Gasteiger partial charge on any atom is -0.358 e. The van der Waals surface area contributed by atoms with Gasteiger partial charge in [0.25, 0.3) is 0 Å². The van der Waals surface area contributed by atoms with Crippen LogP contribution in [0.1, 0.15) is 11.1 Å². The minimum absolute atomic E-state index is 0.0883. The zero-order valence-corrected chi connectivity index (χ0v) is 15.1. The number of rotatable bonds is 1. The van der Waals surface area contributed by atoms with Crippen LogP contribution in [0.5, 0.6) is 0 Å². The molecule has 0 saturated carbocycles. The first-order valence-electron chi connectivity index (χ1n) is 6.93. The van der Waals surface area contributed by atoms with Crippen LogP contribution in [0.3, 0.4) is 0 Å². The summed E-state index contributed by atoms with van der Waals surface area (Å²) in [7, 11) is 0. The second-order valence-corrected chi connectivity index (χ2v) is 6.70. The molecule has 0 bridgehead atoms. The summed E-state index contributed by atoms with van der Waals surface area (Å²) in [5, 5.41) is 5.35. The first-order chi connectivity index (χ1) is 12.4. The molecule has 4 nitrogen and oxygen atoms in total. The monoisotopic (exact) mass is 470 g/mol. The Morgan fingerprint density at radius 3 is 2.41 bits per heavy atom. The molecule has 0 amide bonds. The lowest BCUT2D eigenvalue weighted by Crippen LogP contribution is -2.50. The molecule has 27 heavy (non-hydrogen) atoms. The summed E-state index contributed by atoms with van der Waals surface area (Å²) >= 11 is 8.92. The van der Waals surface area contributed by atoms with Gasteiger partial charge >= 0.3 is 18.2 Å². The van der Waals surface area contributed by atoms with Gasteiger partial charge in [-0.1, -0.05) is 40.2 Å². The number of nitrogens with one attached hydrogen (secondary N) is 1. The summed E-state index contributed by atoms with van der Waals surface area (Å²) in [6, 6.07) is 0.853. The average molecular weight is 472 g/mol. The molecule has 1 aliphatic heterocycles. The van der Waals surface area contributed by atoms with Gasteiger partial charge in [0.15, 0.2) is 11.4 Å². The lowest BCUT2D eigenvalue weighted by molar-refractivity contribution is -0.169. The second-order valence-electron chi connectivity index (χ2n) is 5.50. The van der Waals surface area contributed by atoms with Gasteiger partial charge in [0.2, 0.25) is 0 Å². The van der Waals surface area contributed by atoms with Crippen molar-refractivity contribution in [3.8, 4) is 5.69 Å². The maximum Gasteiger partial charge on any atom is 0.419 e. The molecule has 0 aliphatic carbocycles. The van der Waals surface area contributed by atoms with Gasteiger partial charge in [-0.3, -0.25) is 0 Å². The number of fused-ring (bicyclic) bond motifs is 3. The van der Waals surface area contributed by atoms with E-state index in [1.807, 2.05) is 0 Å². The van der Waals surface area contributed by atoms with Crippen LogP contribution < -0.4 is 5.32 Å². The van der Waals surface area contributed by atoms with Gasteiger partial charge in [0.1, 0.15) is 5.69 Å². The zero-order chi connectivity index (χ0) is 20.4. The predicted octanol–water partition coefficient (Wildman–Crippen LogP) is 6.23. The van der Waals surface area contributed by atoms with Crippen molar-refractivity contribution in [1.82, 2.24) is 9.78 Å². The third kappa shape index (κ3) is 2.70. The van der Waals surface area contributed by atoms with Crippen LogP contribution in [0.2, 0.25) is 5.02 Å².